The smallest absolute Gasteiger partial charge is 0.0560 e. The molecule has 57 heavy (non-hydrogen) atoms. The van der Waals surface area contributed by atoms with Crippen LogP contribution in [0.15, 0.2) is 212 Å². The highest BCUT2D eigenvalue weighted by Crippen LogP contribution is 2.40. The fourth-order valence-corrected chi connectivity index (χ4v) is 9.81. The van der Waals surface area contributed by atoms with Gasteiger partial charge in [-0.2, -0.15) is 0 Å². The first-order chi connectivity index (χ1) is 28.2. The van der Waals surface area contributed by atoms with Crippen LogP contribution in [0.4, 0.5) is 11.4 Å². The molecule has 2 heterocycles. The van der Waals surface area contributed by atoms with E-state index >= 15 is 0 Å². The molecule has 11 rings (SSSR count). The molecule has 0 bridgehead atoms. The Morgan fingerprint density at radius 3 is 1.74 bits per heavy atom. The maximum absolute atomic E-state index is 2.48. The lowest BCUT2D eigenvalue weighted by Crippen LogP contribution is -2.30. The Morgan fingerprint density at radius 1 is 0.439 bits per heavy atom. The predicted octanol–water partition coefficient (Wildman–Crippen LogP) is 15.0. The molecule has 2 aromatic heterocycles. The van der Waals surface area contributed by atoms with Gasteiger partial charge in [-0.1, -0.05) is 146 Å². The number of nitrogens with zero attached hydrogens (tertiary/aromatic N) is 2. The van der Waals surface area contributed by atoms with E-state index in [0.29, 0.717) is 0 Å². The third-order valence-electron chi connectivity index (χ3n) is 11.5. The van der Waals surface area contributed by atoms with Crippen molar-refractivity contribution in [2.45, 2.75) is 12.5 Å². The number of fused-ring (bicyclic) bond motifs is 6. The van der Waals surface area contributed by atoms with E-state index in [1.165, 1.54) is 92.4 Å². The van der Waals surface area contributed by atoms with Crippen LogP contribution in [0.1, 0.15) is 12.0 Å². The van der Waals surface area contributed by atoms with Crippen molar-refractivity contribution in [3.8, 4) is 27.9 Å². The maximum Gasteiger partial charge on any atom is 0.0560 e. The lowest BCUT2D eigenvalue weighted by Gasteiger charge is -2.33. The lowest BCUT2D eigenvalue weighted by molar-refractivity contribution is 0.787. The summed E-state index contributed by atoms with van der Waals surface area (Å²) in [6, 6.07) is 71.1. The number of hydrogen-bond acceptors (Lipinski definition) is 2. The molecule has 8 aromatic carbocycles. The molecule has 3 heteroatoms. The molecule has 1 aliphatic carbocycles. The van der Waals surface area contributed by atoms with Gasteiger partial charge in [0.1, 0.15) is 0 Å². The highest BCUT2D eigenvalue weighted by atomic mass is 32.1. The number of hydrogen-bond donors (Lipinski definition) is 0. The number of benzene rings is 8. The first kappa shape index (κ1) is 33.4. The van der Waals surface area contributed by atoms with Crippen LogP contribution in [0.25, 0.3) is 75.5 Å². The Bertz CT molecular complexity index is 3130. The first-order valence-corrected chi connectivity index (χ1v) is 20.5. The van der Waals surface area contributed by atoms with Gasteiger partial charge < -0.3 is 9.47 Å². The number of thiophene rings is 1. The number of rotatable bonds is 7. The van der Waals surface area contributed by atoms with Gasteiger partial charge in [-0.25, -0.2) is 0 Å². The zero-order valence-corrected chi connectivity index (χ0v) is 32.1. The molecule has 0 saturated heterocycles. The summed E-state index contributed by atoms with van der Waals surface area (Å²) < 4.78 is 5.08. The molecule has 0 amide bonds. The Morgan fingerprint density at radius 2 is 1.02 bits per heavy atom. The van der Waals surface area contributed by atoms with Gasteiger partial charge in [-0.3, -0.25) is 0 Å². The van der Waals surface area contributed by atoms with Crippen molar-refractivity contribution >= 4 is 70.3 Å². The van der Waals surface area contributed by atoms with Crippen LogP contribution < -0.4 is 4.90 Å². The minimum Gasteiger partial charge on any atom is -0.334 e. The first-order valence-electron chi connectivity index (χ1n) is 19.7. The topological polar surface area (TPSA) is 8.17 Å². The highest BCUT2D eigenvalue weighted by molar-refractivity contribution is 7.25. The number of allylic oxidation sites excluding steroid dienone is 2. The van der Waals surface area contributed by atoms with Crippen LogP contribution in [-0.4, -0.2) is 10.6 Å². The van der Waals surface area contributed by atoms with Gasteiger partial charge in [0, 0.05) is 48.0 Å². The zero-order chi connectivity index (χ0) is 37.7. The van der Waals surface area contributed by atoms with Crippen LogP contribution in [-0.2, 0) is 0 Å². The molecule has 270 valence electrons. The lowest BCUT2D eigenvalue weighted by atomic mass is 9.95. The van der Waals surface area contributed by atoms with Gasteiger partial charge >= 0.3 is 0 Å². The van der Waals surface area contributed by atoms with Gasteiger partial charge in [0.05, 0.1) is 17.1 Å². The molecule has 1 aliphatic rings. The van der Waals surface area contributed by atoms with Crippen molar-refractivity contribution in [1.82, 2.24) is 4.57 Å². The van der Waals surface area contributed by atoms with E-state index in [-0.39, 0.29) is 6.04 Å². The average Bonchev–Trinajstić information content (AvgIpc) is 3.83. The molecule has 10 aromatic rings. The average molecular weight is 747 g/mol. The van der Waals surface area contributed by atoms with Crippen LogP contribution in [0, 0.1) is 0 Å². The van der Waals surface area contributed by atoms with Crippen molar-refractivity contribution in [2.75, 3.05) is 4.90 Å². The third-order valence-corrected chi connectivity index (χ3v) is 12.7. The molecule has 1 unspecified atom stereocenters. The molecule has 2 nitrogen and oxygen atoms in total. The summed E-state index contributed by atoms with van der Waals surface area (Å²) >= 11 is 1.86. The molecule has 0 fully saturated rings. The second-order valence-electron chi connectivity index (χ2n) is 14.9. The van der Waals surface area contributed by atoms with Crippen LogP contribution in [0.3, 0.4) is 0 Å². The number of para-hydroxylation sites is 1. The zero-order valence-electron chi connectivity index (χ0n) is 31.3. The minimum absolute atomic E-state index is 0.180. The molecular formula is C54H38N2S. The van der Waals surface area contributed by atoms with Crippen molar-refractivity contribution in [3.05, 3.63) is 218 Å². The standard InChI is InChI=1S/C54H38N2S/c1-3-11-37(12-4-1)39-19-26-43(27-20-39)55(44-28-21-40(22-29-44)38-13-5-2-6-14-38)45-30-23-41(24-31-45)42-25-33-52-49(35-42)47-15-7-9-17-51(47)56(52)46-32-34-54-50(36-46)48-16-8-10-18-53(48)57-54/h1-28,30-36,44H,29H2. The van der Waals surface area contributed by atoms with Crippen molar-refractivity contribution in [1.29, 1.82) is 0 Å². The summed E-state index contributed by atoms with van der Waals surface area (Å²) in [4.78, 5) is 2.48. The van der Waals surface area contributed by atoms with Crippen LogP contribution >= 0.6 is 11.3 Å². The van der Waals surface area contributed by atoms with Gasteiger partial charge in [0.25, 0.3) is 0 Å². The van der Waals surface area contributed by atoms with E-state index in [2.05, 4.69) is 222 Å². The summed E-state index contributed by atoms with van der Waals surface area (Å²) in [5.41, 5.74) is 13.4. The van der Waals surface area contributed by atoms with Crippen LogP contribution in [0.5, 0.6) is 0 Å². The van der Waals surface area contributed by atoms with E-state index < -0.39 is 0 Å². The third kappa shape index (κ3) is 5.96. The summed E-state index contributed by atoms with van der Waals surface area (Å²) in [6.45, 7) is 0. The second-order valence-corrected chi connectivity index (χ2v) is 16.0. The highest BCUT2D eigenvalue weighted by Gasteiger charge is 2.22. The van der Waals surface area contributed by atoms with E-state index in [1.807, 2.05) is 11.3 Å². The van der Waals surface area contributed by atoms with E-state index in [0.717, 1.165) is 6.42 Å². The second kappa shape index (κ2) is 14.0. The predicted molar refractivity (Wildman–Crippen MR) is 245 cm³/mol. The Kier molecular flexibility index (Phi) is 8.19. The fourth-order valence-electron chi connectivity index (χ4n) is 8.72. The summed E-state index contributed by atoms with van der Waals surface area (Å²) in [5.74, 6) is 0. The Labute approximate surface area is 336 Å². The van der Waals surface area contributed by atoms with Gasteiger partial charge in [0.2, 0.25) is 0 Å². The summed E-state index contributed by atoms with van der Waals surface area (Å²) in [6.07, 6.45) is 7.95. The van der Waals surface area contributed by atoms with E-state index in [1.54, 1.807) is 0 Å². The molecule has 0 spiro atoms. The fraction of sp³-hybridized carbons (Fsp3) is 0.0370. The molecule has 0 aliphatic heterocycles. The van der Waals surface area contributed by atoms with Crippen LogP contribution in [0.2, 0.25) is 0 Å². The minimum atomic E-state index is 0.180. The van der Waals surface area contributed by atoms with Gasteiger partial charge in [-0.05, 0) is 107 Å². The Balaban J connectivity index is 0.958. The molecule has 0 saturated carbocycles. The van der Waals surface area contributed by atoms with Crippen molar-refractivity contribution in [2.24, 2.45) is 0 Å². The Hall–Kier alpha value is -6.94. The summed E-state index contributed by atoms with van der Waals surface area (Å²) in [7, 11) is 0. The van der Waals surface area contributed by atoms with E-state index in [4.69, 9.17) is 0 Å². The molecular weight excluding hydrogens is 709 g/mol. The SMILES string of the molecule is C1=CC(N(c2ccc(-c3ccccc3)cc2)c2ccc(-c3ccc4c(c3)c3ccccc3n4-c3ccc4sc5ccccc5c4c3)cc2)CC=C1c1ccccc1. The molecule has 0 radical (unpaired) electrons. The number of aromatic nitrogens is 1. The van der Waals surface area contributed by atoms with E-state index in [9.17, 15) is 0 Å². The largest absolute Gasteiger partial charge is 0.334 e. The monoisotopic (exact) mass is 746 g/mol. The quantitative estimate of drug-likeness (QED) is 0.158. The van der Waals surface area contributed by atoms with Crippen molar-refractivity contribution in [3.63, 3.8) is 0 Å². The van der Waals surface area contributed by atoms with Gasteiger partial charge in [0.15, 0.2) is 0 Å². The summed E-state index contributed by atoms with van der Waals surface area (Å²) in [5, 5.41) is 5.16. The maximum atomic E-state index is 2.48. The van der Waals surface area contributed by atoms with Crippen molar-refractivity contribution < 1.29 is 0 Å². The molecule has 1 atom stereocenters. The normalized spacial score (nSPS) is 14.1. The number of anilines is 2. The molecule has 0 N–H and O–H groups in total. The van der Waals surface area contributed by atoms with Gasteiger partial charge in [-0.15, -0.1) is 11.3 Å².